The first-order chi connectivity index (χ1) is 15.3. The first-order valence-corrected chi connectivity index (χ1v) is 12.5. The predicted octanol–water partition coefficient (Wildman–Crippen LogP) is 1.83. The standard InChI is InChI=1S/C22H26N4O5S/c1-32(29,30)26-11-2-4-17-14-18(5-6-19(17)26)20(27)15-31-21(28)16-7-12-25(13-8-16)22-23-9-3-10-24-22/h3,5-6,9-10,14,16H,2,4,7-8,11-13,15H2,1H3. The van der Waals surface area contributed by atoms with Crippen molar-refractivity contribution in [1.29, 1.82) is 0 Å². The highest BCUT2D eigenvalue weighted by atomic mass is 32.2. The number of carbonyl (C=O) groups is 2. The third-order valence-electron chi connectivity index (χ3n) is 5.89. The Balaban J connectivity index is 1.32. The largest absolute Gasteiger partial charge is 0.457 e. The molecule has 2 aliphatic heterocycles. The van der Waals surface area contributed by atoms with Crippen molar-refractivity contribution in [2.24, 2.45) is 5.92 Å². The number of piperidine rings is 1. The molecule has 0 N–H and O–H groups in total. The van der Waals surface area contributed by atoms with Crippen LogP contribution in [0.4, 0.5) is 11.6 Å². The van der Waals surface area contributed by atoms with E-state index >= 15 is 0 Å². The number of ether oxygens (including phenoxy) is 1. The summed E-state index contributed by atoms with van der Waals surface area (Å²) in [6.07, 6.45) is 7.18. The number of benzene rings is 1. The van der Waals surface area contributed by atoms with Crippen molar-refractivity contribution in [2.75, 3.05) is 41.7 Å². The van der Waals surface area contributed by atoms with E-state index in [1.807, 2.05) is 4.90 Å². The summed E-state index contributed by atoms with van der Waals surface area (Å²) in [6.45, 7) is 1.42. The van der Waals surface area contributed by atoms with Crippen molar-refractivity contribution in [3.05, 3.63) is 47.8 Å². The van der Waals surface area contributed by atoms with Gasteiger partial charge in [-0.15, -0.1) is 0 Å². The fourth-order valence-electron chi connectivity index (χ4n) is 4.19. The lowest BCUT2D eigenvalue weighted by atomic mass is 9.97. The fourth-order valence-corrected chi connectivity index (χ4v) is 5.18. The van der Waals surface area contributed by atoms with E-state index in [-0.39, 0.29) is 24.3 Å². The van der Waals surface area contributed by atoms with Gasteiger partial charge in [-0.1, -0.05) is 0 Å². The van der Waals surface area contributed by atoms with Crippen molar-refractivity contribution >= 4 is 33.4 Å². The monoisotopic (exact) mass is 458 g/mol. The third kappa shape index (κ3) is 4.90. The number of aryl methyl sites for hydroxylation is 1. The van der Waals surface area contributed by atoms with Gasteiger partial charge in [-0.2, -0.15) is 0 Å². The van der Waals surface area contributed by atoms with Gasteiger partial charge in [0.2, 0.25) is 16.0 Å². The zero-order valence-corrected chi connectivity index (χ0v) is 18.8. The molecule has 32 heavy (non-hydrogen) atoms. The Morgan fingerprint density at radius 1 is 1.12 bits per heavy atom. The number of fused-ring (bicyclic) bond motifs is 1. The maximum Gasteiger partial charge on any atom is 0.309 e. The zero-order chi connectivity index (χ0) is 22.7. The number of hydrogen-bond acceptors (Lipinski definition) is 8. The van der Waals surface area contributed by atoms with Gasteiger partial charge in [-0.3, -0.25) is 13.9 Å². The van der Waals surface area contributed by atoms with E-state index in [1.54, 1.807) is 36.7 Å². The van der Waals surface area contributed by atoms with Gasteiger partial charge in [0.25, 0.3) is 0 Å². The molecule has 1 aromatic heterocycles. The van der Waals surface area contributed by atoms with Crippen LogP contribution in [0.5, 0.6) is 0 Å². The SMILES string of the molecule is CS(=O)(=O)N1CCCc2cc(C(=O)COC(=O)C3CCN(c4ncccn4)CC3)ccc21. The number of sulfonamides is 1. The molecule has 2 aromatic rings. The van der Waals surface area contributed by atoms with E-state index in [2.05, 4.69) is 9.97 Å². The Morgan fingerprint density at radius 3 is 2.53 bits per heavy atom. The summed E-state index contributed by atoms with van der Waals surface area (Å²) in [5.41, 5.74) is 1.85. The molecule has 0 atom stereocenters. The highest BCUT2D eigenvalue weighted by Crippen LogP contribution is 2.30. The first kappa shape index (κ1) is 22.2. The van der Waals surface area contributed by atoms with Crippen LogP contribution in [0, 0.1) is 5.92 Å². The summed E-state index contributed by atoms with van der Waals surface area (Å²) < 4.78 is 30.7. The smallest absolute Gasteiger partial charge is 0.309 e. The summed E-state index contributed by atoms with van der Waals surface area (Å²) in [4.78, 5) is 35.6. The van der Waals surface area contributed by atoms with Crippen LogP contribution in [-0.4, -0.2) is 62.6 Å². The van der Waals surface area contributed by atoms with E-state index in [0.29, 0.717) is 62.5 Å². The second-order valence-electron chi connectivity index (χ2n) is 8.12. The number of anilines is 2. The summed E-state index contributed by atoms with van der Waals surface area (Å²) in [6, 6.07) is 6.72. The van der Waals surface area contributed by atoms with Crippen LogP contribution in [0.15, 0.2) is 36.7 Å². The van der Waals surface area contributed by atoms with Crippen molar-refractivity contribution < 1.29 is 22.7 Å². The molecule has 4 rings (SSSR count). The molecule has 170 valence electrons. The summed E-state index contributed by atoms with van der Waals surface area (Å²) in [7, 11) is -3.36. The molecule has 2 aliphatic rings. The van der Waals surface area contributed by atoms with Crippen molar-refractivity contribution in [2.45, 2.75) is 25.7 Å². The molecule has 0 saturated carbocycles. The minimum atomic E-state index is -3.36. The maximum absolute atomic E-state index is 12.6. The summed E-state index contributed by atoms with van der Waals surface area (Å²) in [5, 5.41) is 0. The predicted molar refractivity (Wildman–Crippen MR) is 119 cm³/mol. The van der Waals surface area contributed by atoms with Crippen LogP contribution in [0.2, 0.25) is 0 Å². The normalized spacial score (nSPS) is 17.0. The lowest BCUT2D eigenvalue weighted by molar-refractivity contribution is -0.148. The Bertz CT molecular complexity index is 1100. The Morgan fingerprint density at radius 2 is 1.84 bits per heavy atom. The second kappa shape index (κ2) is 9.23. The van der Waals surface area contributed by atoms with Gasteiger partial charge in [0.05, 0.1) is 17.9 Å². The van der Waals surface area contributed by atoms with Crippen molar-refractivity contribution in [3.8, 4) is 0 Å². The van der Waals surface area contributed by atoms with E-state index in [0.717, 1.165) is 5.56 Å². The minimum absolute atomic E-state index is 0.255. The van der Waals surface area contributed by atoms with Gasteiger partial charge in [0.1, 0.15) is 0 Å². The number of ketones is 1. The maximum atomic E-state index is 12.6. The van der Waals surface area contributed by atoms with E-state index in [9.17, 15) is 18.0 Å². The number of hydrogen-bond donors (Lipinski definition) is 0. The van der Waals surface area contributed by atoms with Crippen LogP contribution >= 0.6 is 0 Å². The number of rotatable bonds is 6. The van der Waals surface area contributed by atoms with Crippen LogP contribution in [0.3, 0.4) is 0 Å². The van der Waals surface area contributed by atoms with Crippen molar-refractivity contribution in [1.82, 2.24) is 9.97 Å². The molecule has 0 spiro atoms. The number of Topliss-reactive ketones (excluding diaryl/α,β-unsaturated/α-hetero) is 1. The molecule has 1 aromatic carbocycles. The highest BCUT2D eigenvalue weighted by molar-refractivity contribution is 7.92. The molecule has 0 radical (unpaired) electrons. The highest BCUT2D eigenvalue weighted by Gasteiger charge is 2.28. The number of carbonyl (C=O) groups excluding carboxylic acids is 2. The topological polar surface area (TPSA) is 110 Å². The lowest BCUT2D eigenvalue weighted by Crippen LogP contribution is -2.38. The fraction of sp³-hybridized carbons (Fsp3) is 0.455. The number of nitrogens with zero attached hydrogens (tertiary/aromatic N) is 4. The Kier molecular flexibility index (Phi) is 6.40. The average Bonchev–Trinajstić information content (AvgIpc) is 2.81. The lowest BCUT2D eigenvalue weighted by Gasteiger charge is -2.30. The van der Waals surface area contributed by atoms with Crippen molar-refractivity contribution in [3.63, 3.8) is 0 Å². The van der Waals surface area contributed by atoms with Gasteiger partial charge in [0, 0.05) is 37.6 Å². The van der Waals surface area contributed by atoms with E-state index in [1.165, 1.54) is 10.6 Å². The van der Waals surface area contributed by atoms with Crippen LogP contribution in [0.1, 0.15) is 35.2 Å². The molecule has 0 unspecified atom stereocenters. The van der Waals surface area contributed by atoms with E-state index < -0.39 is 10.0 Å². The summed E-state index contributed by atoms with van der Waals surface area (Å²) >= 11 is 0. The van der Waals surface area contributed by atoms with E-state index in [4.69, 9.17) is 4.74 Å². The molecule has 1 fully saturated rings. The third-order valence-corrected chi connectivity index (χ3v) is 7.07. The van der Waals surface area contributed by atoms with Gasteiger partial charge in [0.15, 0.2) is 12.4 Å². The first-order valence-electron chi connectivity index (χ1n) is 10.7. The summed E-state index contributed by atoms with van der Waals surface area (Å²) in [5.74, 6) is -0.271. The van der Waals surface area contributed by atoms with Crippen LogP contribution < -0.4 is 9.21 Å². The molecule has 9 nitrogen and oxygen atoms in total. The van der Waals surface area contributed by atoms with Crippen LogP contribution in [0.25, 0.3) is 0 Å². The van der Waals surface area contributed by atoms with Crippen LogP contribution in [-0.2, 0) is 26.0 Å². The quantitative estimate of drug-likeness (QED) is 0.476. The van der Waals surface area contributed by atoms with Gasteiger partial charge in [-0.05, 0) is 55.5 Å². The van der Waals surface area contributed by atoms with Gasteiger partial charge in [-0.25, -0.2) is 18.4 Å². The number of aromatic nitrogens is 2. The second-order valence-corrected chi connectivity index (χ2v) is 10.0. The van der Waals surface area contributed by atoms with Gasteiger partial charge >= 0.3 is 5.97 Å². The molecule has 0 aliphatic carbocycles. The number of esters is 1. The molecule has 10 heteroatoms. The average molecular weight is 459 g/mol. The molecule has 3 heterocycles. The molecule has 0 amide bonds. The molecule has 0 bridgehead atoms. The van der Waals surface area contributed by atoms with Gasteiger partial charge < -0.3 is 9.64 Å². The Labute approximate surface area is 187 Å². The Hall–Kier alpha value is -3.01. The molecular weight excluding hydrogens is 432 g/mol. The molecular formula is C22H26N4O5S. The zero-order valence-electron chi connectivity index (χ0n) is 17.9. The minimum Gasteiger partial charge on any atom is -0.457 e. The molecule has 1 saturated heterocycles.